The average molecular weight is 1000 g/mol. The van der Waals surface area contributed by atoms with Gasteiger partial charge >= 0.3 is 5.20 Å². The predicted octanol–water partition coefficient (Wildman–Crippen LogP) is 4.77. The summed E-state index contributed by atoms with van der Waals surface area (Å²) in [6, 6.07) is 21.7. The van der Waals surface area contributed by atoms with Crippen LogP contribution in [0.15, 0.2) is 86.3 Å². The first-order valence-corrected chi connectivity index (χ1v) is 27.5. The summed E-state index contributed by atoms with van der Waals surface area (Å²) in [6.45, 7) is 0. The molecule has 2 aliphatic carbocycles. The van der Waals surface area contributed by atoms with Crippen LogP contribution in [0.25, 0.3) is 22.6 Å². The number of carbonyl (C=O) groups excluding carboxylic acids is 4. The molecule has 2 aromatic carbocycles. The molecule has 2 saturated heterocycles. The molecule has 4 amide bonds. The summed E-state index contributed by atoms with van der Waals surface area (Å²) in [5, 5.41) is 18.2. The maximum Gasteiger partial charge on any atom is 0.339 e. The normalized spacial score (nSPS) is 21.9. The molecular weight excluding hydrogens is 962 g/mol. The standard InChI is InChI=1S/C19H20N4O6S.C19H18N4O5S.Cl3OP/c24-17(21-22-18(25)13-9-30(27,28)10-13)12-6-14(7-12)20-19(26)15-8-16(29-23-15)11-4-2-1-3-5-11;24-17(15-8-16(28-23-15)11-4-2-1-3-5-11)20-14-6-12(7-14)18-21-22-19(27-18)13-9-29(25,26)10-13;1-5(2,3)4/h1-5,8,12-14H,6-7,9-10H2,(H,20,26)(H,21,24)(H,22,25);1-5,8,12-14H,6-7,9-10H2,(H,20,24);. The number of benzene rings is 2. The van der Waals surface area contributed by atoms with Gasteiger partial charge in [-0.1, -0.05) is 71.0 Å². The third-order valence-electron chi connectivity index (χ3n) is 10.6. The highest BCUT2D eigenvalue weighted by Gasteiger charge is 2.42. The Hall–Kier alpha value is -5.12. The van der Waals surface area contributed by atoms with Crippen LogP contribution in [0.2, 0.25) is 0 Å². The fourth-order valence-electron chi connectivity index (χ4n) is 6.97. The van der Waals surface area contributed by atoms with Gasteiger partial charge in [-0.3, -0.25) is 34.6 Å². The van der Waals surface area contributed by atoms with Crippen molar-refractivity contribution in [3.05, 3.63) is 96.0 Å². The lowest BCUT2D eigenvalue weighted by atomic mass is 9.79. The average Bonchev–Trinajstić information content (AvgIpc) is 4.00. The smallest absolute Gasteiger partial charge is 0.339 e. The lowest BCUT2D eigenvalue weighted by Gasteiger charge is -2.34. The van der Waals surface area contributed by atoms with Gasteiger partial charge in [0.15, 0.2) is 42.6 Å². The van der Waals surface area contributed by atoms with Gasteiger partial charge < -0.3 is 24.1 Å². The summed E-state index contributed by atoms with van der Waals surface area (Å²) in [5.74, 6) is -0.979. The Morgan fingerprint density at radius 2 is 1.00 bits per heavy atom. The lowest BCUT2D eigenvalue weighted by Crippen LogP contribution is -2.55. The van der Waals surface area contributed by atoms with Crippen molar-refractivity contribution in [1.29, 1.82) is 0 Å². The Morgan fingerprint density at radius 3 is 1.44 bits per heavy atom. The molecule has 0 unspecified atom stereocenters. The van der Waals surface area contributed by atoms with Crippen LogP contribution < -0.4 is 21.5 Å². The van der Waals surface area contributed by atoms with Crippen molar-refractivity contribution in [1.82, 2.24) is 42.0 Å². The van der Waals surface area contributed by atoms with Crippen LogP contribution in [0.5, 0.6) is 0 Å². The van der Waals surface area contributed by atoms with E-state index in [0.717, 1.165) is 11.1 Å². The van der Waals surface area contributed by atoms with Gasteiger partial charge in [-0.05, 0) is 59.4 Å². The third kappa shape index (κ3) is 12.6. The van der Waals surface area contributed by atoms with Crippen LogP contribution in [-0.4, -0.2) is 96.1 Å². The van der Waals surface area contributed by atoms with E-state index in [1.807, 2.05) is 60.7 Å². The van der Waals surface area contributed by atoms with Gasteiger partial charge in [-0.2, -0.15) is 0 Å². The van der Waals surface area contributed by atoms with E-state index < -0.39 is 36.7 Å². The monoisotopic (exact) mass is 998 g/mol. The molecule has 0 atom stereocenters. The zero-order valence-electron chi connectivity index (χ0n) is 33.1. The van der Waals surface area contributed by atoms with E-state index in [9.17, 15) is 40.6 Å². The fraction of sp³-hybridized carbons (Fsp3) is 0.368. The highest BCUT2D eigenvalue weighted by atomic mass is 36.0. The number of rotatable bonds is 10. The summed E-state index contributed by atoms with van der Waals surface area (Å²) in [6.07, 6.45) is 2.21. The van der Waals surface area contributed by atoms with E-state index in [1.54, 1.807) is 12.1 Å². The van der Waals surface area contributed by atoms with Crippen molar-refractivity contribution in [2.45, 2.75) is 49.6 Å². The number of nitrogens with zero attached hydrogens (tertiary/aromatic N) is 4. The van der Waals surface area contributed by atoms with Crippen LogP contribution in [-0.2, 0) is 33.8 Å². The molecule has 20 nitrogen and oxygen atoms in total. The van der Waals surface area contributed by atoms with Crippen molar-refractivity contribution in [2.24, 2.45) is 11.8 Å². The number of nitrogens with one attached hydrogen (secondary N) is 4. The minimum absolute atomic E-state index is 0.0104. The largest absolute Gasteiger partial charge is 0.425 e. The van der Waals surface area contributed by atoms with E-state index in [2.05, 4.69) is 75.7 Å². The molecule has 0 radical (unpaired) electrons. The van der Waals surface area contributed by atoms with Gasteiger partial charge in [0.05, 0.1) is 34.8 Å². The summed E-state index contributed by atoms with van der Waals surface area (Å²) >= 11 is 13.8. The SMILES string of the molecule is O=C(NC1CC(C(=O)NNC(=O)C2CS(=O)(=O)C2)C1)c1cc(-c2ccccc2)on1.O=C(NC1CC(c2nnc(C3CS(=O)(=O)C3)o2)C1)c1cc(-c2ccccc2)on1.O=P(Cl)(Cl)Cl. The minimum atomic E-state index is -3.22. The molecule has 2 aliphatic heterocycles. The van der Waals surface area contributed by atoms with Crippen LogP contribution >= 0.6 is 38.9 Å². The van der Waals surface area contributed by atoms with Crippen molar-refractivity contribution >= 4 is 82.2 Å². The topological polar surface area (TPSA) is 293 Å². The second-order valence-corrected chi connectivity index (χ2v) is 26.4. The predicted molar refractivity (Wildman–Crippen MR) is 230 cm³/mol. The molecule has 9 rings (SSSR count). The van der Waals surface area contributed by atoms with Gasteiger partial charge in [0, 0.05) is 47.2 Å². The van der Waals surface area contributed by atoms with E-state index in [4.69, 9.17) is 13.5 Å². The minimum Gasteiger partial charge on any atom is -0.425 e. The molecule has 5 aromatic rings. The Morgan fingerprint density at radius 1 is 0.594 bits per heavy atom. The number of hydrazine groups is 1. The first-order valence-electron chi connectivity index (χ1n) is 19.5. The molecule has 340 valence electrons. The molecule has 0 bridgehead atoms. The van der Waals surface area contributed by atoms with E-state index >= 15 is 0 Å². The second kappa shape index (κ2) is 19.5. The van der Waals surface area contributed by atoms with Crippen molar-refractivity contribution in [3.63, 3.8) is 0 Å². The zero-order valence-corrected chi connectivity index (χ0v) is 37.9. The first-order chi connectivity index (χ1) is 30.3. The van der Waals surface area contributed by atoms with Crippen LogP contribution in [0.4, 0.5) is 0 Å². The van der Waals surface area contributed by atoms with Crippen LogP contribution in [0, 0.1) is 11.8 Å². The number of hydrogen-bond acceptors (Lipinski definition) is 16. The molecule has 0 spiro atoms. The maximum absolute atomic E-state index is 12.4. The number of aromatic nitrogens is 4. The van der Waals surface area contributed by atoms with Crippen molar-refractivity contribution < 1.29 is 54.0 Å². The highest BCUT2D eigenvalue weighted by Crippen LogP contribution is 2.61. The second-order valence-electron chi connectivity index (χ2n) is 15.5. The van der Waals surface area contributed by atoms with Crippen molar-refractivity contribution in [2.75, 3.05) is 23.0 Å². The van der Waals surface area contributed by atoms with Gasteiger partial charge in [-0.25, -0.2) is 16.8 Å². The molecule has 64 heavy (non-hydrogen) atoms. The van der Waals surface area contributed by atoms with Crippen LogP contribution in [0.1, 0.15) is 70.3 Å². The Kier molecular flexibility index (Phi) is 14.3. The zero-order chi connectivity index (χ0) is 45.8. The molecule has 3 aromatic heterocycles. The van der Waals surface area contributed by atoms with Gasteiger partial charge in [0.2, 0.25) is 23.6 Å². The lowest BCUT2D eigenvalue weighted by molar-refractivity contribution is -0.134. The van der Waals surface area contributed by atoms with E-state index in [0.29, 0.717) is 49.0 Å². The molecule has 2 saturated carbocycles. The molecule has 26 heteroatoms. The number of hydrogen-bond donors (Lipinski definition) is 4. The van der Waals surface area contributed by atoms with E-state index in [-0.39, 0.29) is 82.0 Å². The van der Waals surface area contributed by atoms with Crippen molar-refractivity contribution in [3.8, 4) is 22.6 Å². The molecule has 4 aliphatic rings. The number of halogens is 3. The summed E-state index contributed by atoms with van der Waals surface area (Å²) in [7, 11) is -6.04. The van der Waals surface area contributed by atoms with Gasteiger partial charge in [0.1, 0.15) is 0 Å². The number of carbonyl (C=O) groups is 4. The number of sulfone groups is 2. The highest BCUT2D eigenvalue weighted by molar-refractivity contribution is 8.24. The first kappa shape index (κ1) is 46.9. The summed E-state index contributed by atoms with van der Waals surface area (Å²) in [4.78, 5) is 48.5. The van der Waals surface area contributed by atoms with E-state index in [1.165, 1.54) is 0 Å². The van der Waals surface area contributed by atoms with Crippen LogP contribution in [0.3, 0.4) is 0 Å². The molecule has 5 heterocycles. The summed E-state index contributed by atoms with van der Waals surface area (Å²) < 4.78 is 70.4. The molecular formula is C38H38Cl3N8O12PS2. The summed E-state index contributed by atoms with van der Waals surface area (Å²) in [5.41, 5.74) is 6.63. The third-order valence-corrected chi connectivity index (χ3v) is 14.2. The maximum atomic E-state index is 12.4. The van der Waals surface area contributed by atoms with Gasteiger partial charge in [-0.15, -0.1) is 10.2 Å². The fourth-order valence-corrected chi connectivity index (χ4v) is 9.82. The Labute approximate surface area is 379 Å². The Balaban J connectivity index is 0.000000173. The molecule has 4 N–H and O–H groups in total. The Bertz CT molecular complexity index is 2740. The van der Waals surface area contributed by atoms with Gasteiger partial charge in [0.25, 0.3) is 11.8 Å². The number of amides is 4. The quantitative estimate of drug-likeness (QED) is 0.108. The molecule has 4 fully saturated rings.